The third kappa shape index (κ3) is 4.56. The average Bonchev–Trinajstić information content (AvgIpc) is 2.70. The smallest absolute Gasteiger partial charge is 0.265 e. The van der Waals surface area contributed by atoms with Crippen molar-refractivity contribution in [1.29, 1.82) is 0 Å². The fraction of sp³-hybridized carbons (Fsp3) is 0.208. The Morgan fingerprint density at radius 1 is 0.815 bits per heavy atom. The predicted molar refractivity (Wildman–Crippen MR) is 110 cm³/mol. The quantitative estimate of drug-likeness (QED) is 0.638. The molecule has 0 aliphatic heterocycles. The molecule has 3 aromatic carbocycles. The molecule has 3 aromatic rings. The predicted octanol–water partition coefficient (Wildman–Crippen LogP) is 5.42. The number of para-hydroxylation sites is 1. The molecule has 0 fully saturated rings. The third-order valence-electron chi connectivity index (χ3n) is 4.79. The Balaban J connectivity index is 1.66. The summed E-state index contributed by atoms with van der Waals surface area (Å²) in [5.41, 5.74) is 3.12. The van der Waals surface area contributed by atoms with Crippen LogP contribution in [0.2, 0.25) is 0 Å². The van der Waals surface area contributed by atoms with E-state index in [1.807, 2.05) is 48.5 Å². The van der Waals surface area contributed by atoms with Gasteiger partial charge in [-0.3, -0.25) is 4.79 Å². The first kappa shape index (κ1) is 18.7. The minimum Gasteiger partial charge on any atom is -0.481 e. The summed E-state index contributed by atoms with van der Waals surface area (Å²) in [6, 6.07) is 27.8. The normalized spacial score (nSPS) is 12.3. The van der Waals surface area contributed by atoms with Crippen LogP contribution in [-0.4, -0.2) is 12.0 Å². The number of benzene rings is 3. The van der Waals surface area contributed by atoms with Crippen molar-refractivity contribution in [1.82, 2.24) is 0 Å². The van der Waals surface area contributed by atoms with E-state index in [0.29, 0.717) is 5.75 Å². The lowest BCUT2D eigenvalue weighted by molar-refractivity contribution is -0.122. The maximum absolute atomic E-state index is 12.3. The molecular weight excluding hydrogens is 334 g/mol. The van der Waals surface area contributed by atoms with Gasteiger partial charge in [0.25, 0.3) is 5.91 Å². The van der Waals surface area contributed by atoms with Crippen molar-refractivity contribution in [2.75, 3.05) is 5.32 Å². The average molecular weight is 359 g/mol. The number of nitrogens with one attached hydrogen (secondary N) is 1. The molecule has 0 aliphatic rings. The number of carbonyl (C=O) groups excluding carboxylic acids is 1. The standard InChI is InChI=1S/C24H25NO2/c1-18(23(26)25-21-12-8-5-9-13-21)27-22-16-14-20(15-17-22)24(2,3)19-10-6-4-7-11-19/h4-18H,1-3H3,(H,25,26). The van der Waals surface area contributed by atoms with E-state index >= 15 is 0 Å². The van der Waals surface area contributed by atoms with Gasteiger partial charge in [-0.15, -0.1) is 0 Å². The molecule has 0 saturated heterocycles. The summed E-state index contributed by atoms with van der Waals surface area (Å²) in [5.74, 6) is 0.508. The van der Waals surface area contributed by atoms with Gasteiger partial charge in [0.2, 0.25) is 0 Å². The van der Waals surface area contributed by atoms with Gasteiger partial charge in [0, 0.05) is 11.1 Å². The van der Waals surface area contributed by atoms with Crippen LogP contribution in [0.5, 0.6) is 5.75 Å². The molecule has 1 N–H and O–H groups in total. The zero-order chi connectivity index (χ0) is 19.3. The number of ether oxygens (including phenoxy) is 1. The van der Waals surface area contributed by atoms with Gasteiger partial charge in [-0.1, -0.05) is 74.5 Å². The molecule has 0 spiro atoms. The minimum atomic E-state index is -0.585. The van der Waals surface area contributed by atoms with Gasteiger partial charge in [-0.2, -0.15) is 0 Å². The van der Waals surface area contributed by atoms with Gasteiger partial charge >= 0.3 is 0 Å². The first-order chi connectivity index (χ1) is 13.0. The molecule has 0 bridgehead atoms. The zero-order valence-electron chi connectivity index (χ0n) is 16.0. The van der Waals surface area contributed by atoms with E-state index in [-0.39, 0.29) is 11.3 Å². The van der Waals surface area contributed by atoms with E-state index in [0.717, 1.165) is 5.69 Å². The molecule has 1 amide bonds. The van der Waals surface area contributed by atoms with Crippen LogP contribution in [0.3, 0.4) is 0 Å². The van der Waals surface area contributed by atoms with E-state index in [2.05, 4.69) is 55.6 Å². The van der Waals surface area contributed by atoms with E-state index in [1.165, 1.54) is 11.1 Å². The first-order valence-electron chi connectivity index (χ1n) is 9.15. The second-order valence-electron chi connectivity index (χ2n) is 7.13. The van der Waals surface area contributed by atoms with Gasteiger partial charge in [0.1, 0.15) is 5.75 Å². The fourth-order valence-corrected chi connectivity index (χ4v) is 2.99. The number of amides is 1. The van der Waals surface area contributed by atoms with Crippen LogP contribution >= 0.6 is 0 Å². The topological polar surface area (TPSA) is 38.3 Å². The van der Waals surface area contributed by atoms with Crippen molar-refractivity contribution in [3.05, 3.63) is 96.1 Å². The van der Waals surface area contributed by atoms with Crippen LogP contribution in [0.25, 0.3) is 0 Å². The molecule has 1 unspecified atom stereocenters. The van der Waals surface area contributed by atoms with E-state index in [1.54, 1.807) is 6.92 Å². The summed E-state index contributed by atoms with van der Waals surface area (Å²) >= 11 is 0. The van der Waals surface area contributed by atoms with Gasteiger partial charge in [-0.05, 0) is 42.3 Å². The first-order valence-corrected chi connectivity index (χ1v) is 9.15. The SMILES string of the molecule is CC(Oc1ccc(C(C)(C)c2ccccc2)cc1)C(=O)Nc1ccccc1. The Bertz CT molecular complexity index is 871. The van der Waals surface area contributed by atoms with E-state index in [9.17, 15) is 4.79 Å². The lowest BCUT2D eigenvalue weighted by Gasteiger charge is -2.26. The van der Waals surface area contributed by atoms with Crippen LogP contribution in [0, 0.1) is 0 Å². The largest absolute Gasteiger partial charge is 0.481 e. The molecule has 3 heteroatoms. The van der Waals surface area contributed by atoms with Gasteiger partial charge in [0.05, 0.1) is 0 Å². The van der Waals surface area contributed by atoms with Crippen molar-refractivity contribution < 1.29 is 9.53 Å². The zero-order valence-corrected chi connectivity index (χ0v) is 16.0. The molecule has 0 aromatic heterocycles. The minimum absolute atomic E-state index is 0.101. The van der Waals surface area contributed by atoms with Crippen molar-refractivity contribution in [2.45, 2.75) is 32.3 Å². The maximum Gasteiger partial charge on any atom is 0.265 e. The summed E-state index contributed by atoms with van der Waals surface area (Å²) in [5, 5.41) is 2.86. The highest BCUT2D eigenvalue weighted by molar-refractivity contribution is 5.94. The Kier molecular flexibility index (Phi) is 5.60. The molecule has 0 aliphatic carbocycles. The van der Waals surface area contributed by atoms with Gasteiger partial charge < -0.3 is 10.1 Å². The molecular formula is C24H25NO2. The van der Waals surface area contributed by atoms with Crippen molar-refractivity contribution in [3.63, 3.8) is 0 Å². The Morgan fingerprint density at radius 2 is 1.33 bits per heavy atom. The van der Waals surface area contributed by atoms with Crippen LogP contribution < -0.4 is 10.1 Å². The Morgan fingerprint density at radius 3 is 1.93 bits per heavy atom. The monoisotopic (exact) mass is 359 g/mol. The van der Waals surface area contributed by atoms with Crippen LogP contribution in [0.15, 0.2) is 84.9 Å². The summed E-state index contributed by atoms with van der Waals surface area (Å²) in [4.78, 5) is 12.3. The molecule has 3 rings (SSSR count). The van der Waals surface area contributed by atoms with E-state index < -0.39 is 6.10 Å². The highest BCUT2D eigenvalue weighted by Gasteiger charge is 2.23. The highest BCUT2D eigenvalue weighted by atomic mass is 16.5. The maximum atomic E-state index is 12.3. The van der Waals surface area contributed by atoms with Crippen LogP contribution in [-0.2, 0) is 10.2 Å². The third-order valence-corrected chi connectivity index (χ3v) is 4.79. The molecule has 3 nitrogen and oxygen atoms in total. The lowest BCUT2D eigenvalue weighted by atomic mass is 9.78. The number of hydrogen-bond donors (Lipinski definition) is 1. The molecule has 0 radical (unpaired) electrons. The molecule has 1 atom stereocenters. The summed E-state index contributed by atoms with van der Waals surface area (Å²) < 4.78 is 5.81. The number of carbonyl (C=O) groups is 1. The van der Waals surface area contributed by atoms with Gasteiger partial charge in [0.15, 0.2) is 6.10 Å². The number of rotatable bonds is 6. The summed E-state index contributed by atoms with van der Waals surface area (Å²) in [7, 11) is 0. The summed E-state index contributed by atoms with van der Waals surface area (Å²) in [6.07, 6.45) is -0.585. The van der Waals surface area contributed by atoms with Gasteiger partial charge in [-0.25, -0.2) is 0 Å². The number of hydrogen-bond acceptors (Lipinski definition) is 2. The summed E-state index contributed by atoms with van der Waals surface area (Å²) in [6.45, 7) is 6.16. The fourth-order valence-electron chi connectivity index (χ4n) is 2.99. The second kappa shape index (κ2) is 8.09. The van der Waals surface area contributed by atoms with Crippen LogP contribution in [0.1, 0.15) is 31.9 Å². The second-order valence-corrected chi connectivity index (χ2v) is 7.13. The Hall–Kier alpha value is -3.07. The van der Waals surface area contributed by atoms with Crippen molar-refractivity contribution in [2.24, 2.45) is 0 Å². The van der Waals surface area contributed by atoms with E-state index in [4.69, 9.17) is 4.74 Å². The van der Waals surface area contributed by atoms with Crippen molar-refractivity contribution >= 4 is 11.6 Å². The molecule has 27 heavy (non-hydrogen) atoms. The van der Waals surface area contributed by atoms with Crippen LogP contribution in [0.4, 0.5) is 5.69 Å². The van der Waals surface area contributed by atoms with Crippen molar-refractivity contribution in [3.8, 4) is 5.75 Å². The molecule has 0 heterocycles. The molecule has 0 saturated carbocycles. The lowest BCUT2D eigenvalue weighted by Crippen LogP contribution is -2.30. The highest BCUT2D eigenvalue weighted by Crippen LogP contribution is 2.32. The Labute approximate surface area is 161 Å². The molecule has 138 valence electrons. The number of anilines is 1.